The highest BCUT2D eigenvalue weighted by Crippen LogP contribution is 2.26. The van der Waals surface area contributed by atoms with Crippen molar-refractivity contribution in [2.24, 2.45) is 5.73 Å². The summed E-state index contributed by atoms with van der Waals surface area (Å²) in [5, 5.41) is 0. The van der Waals surface area contributed by atoms with Crippen molar-refractivity contribution >= 4 is 5.91 Å². The normalized spacial score (nSPS) is 15.8. The van der Waals surface area contributed by atoms with Crippen LogP contribution in [0.1, 0.15) is 35.6 Å². The van der Waals surface area contributed by atoms with Crippen molar-refractivity contribution in [2.75, 3.05) is 26.7 Å². The van der Waals surface area contributed by atoms with E-state index >= 15 is 0 Å². The summed E-state index contributed by atoms with van der Waals surface area (Å²) < 4.78 is 0. The summed E-state index contributed by atoms with van der Waals surface area (Å²) >= 11 is 0. The van der Waals surface area contributed by atoms with E-state index in [2.05, 4.69) is 29.2 Å². The highest BCUT2D eigenvalue weighted by Gasteiger charge is 2.26. The highest BCUT2D eigenvalue weighted by atomic mass is 16.2. The minimum atomic E-state index is 0.152. The molecule has 0 radical (unpaired) electrons. The maximum atomic E-state index is 12.8. The van der Waals surface area contributed by atoms with Crippen LogP contribution in [0.2, 0.25) is 0 Å². The predicted molar refractivity (Wildman–Crippen MR) is 106 cm³/mol. The number of rotatable bonds is 7. The van der Waals surface area contributed by atoms with E-state index in [0.29, 0.717) is 13.0 Å². The molecule has 0 bridgehead atoms. The van der Waals surface area contributed by atoms with Gasteiger partial charge in [-0.1, -0.05) is 54.6 Å². The van der Waals surface area contributed by atoms with Crippen LogP contribution >= 0.6 is 0 Å². The quantitative estimate of drug-likeness (QED) is 0.834. The predicted octanol–water partition coefficient (Wildman–Crippen LogP) is 2.98. The Balaban J connectivity index is 1.68. The summed E-state index contributed by atoms with van der Waals surface area (Å²) in [6.07, 6.45) is 2.91. The Morgan fingerprint density at radius 3 is 2.46 bits per heavy atom. The number of nitrogens with two attached hydrogens (primary N) is 1. The molecular weight excluding hydrogens is 322 g/mol. The van der Waals surface area contributed by atoms with Crippen LogP contribution in [0.15, 0.2) is 54.6 Å². The first-order chi connectivity index (χ1) is 12.7. The average molecular weight is 351 g/mol. The van der Waals surface area contributed by atoms with E-state index in [1.165, 1.54) is 18.4 Å². The second kappa shape index (κ2) is 8.97. The number of likely N-dealkylation sites (tertiary alicyclic amines) is 1. The third kappa shape index (κ3) is 4.71. The van der Waals surface area contributed by atoms with Gasteiger partial charge in [-0.05, 0) is 42.6 Å². The van der Waals surface area contributed by atoms with Gasteiger partial charge < -0.3 is 10.6 Å². The monoisotopic (exact) mass is 351 g/mol. The molecule has 1 amide bonds. The molecule has 1 heterocycles. The van der Waals surface area contributed by atoms with E-state index in [0.717, 1.165) is 30.8 Å². The Labute approximate surface area is 156 Å². The van der Waals surface area contributed by atoms with E-state index in [1.54, 1.807) is 0 Å². The van der Waals surface area contributed by atoms with Crippen LogP contribution < -0.4 is 5.73 Å². The summed E-state index contributed by atoms with van der Waals surface area (Å²) in [6, 6.07) is 18.8. The standard InChI is InChI=1S/C22H29N3O/c1-24(22(26)15-18-8-7-9-19(14-18)16-23)17-21(25-12-5-6-13-25)20-10-3-2-4-11-20/h2-4,7-11,14,21H,5-6,12-13,15-17,23H2,1H3. The summed E-state index contributed by atoms with van der Waals surface area (Å²) in [5.74, 6) is 0.152. The molecule has 2 aromatic rings. The topological polar surface area (TPSA) is 49.6 Å². The number of hydrogen-bond donors (Lipinski definition) is 1. The van der Waals surface area contributed by atoms with Crippen LogP contribution in [0.4, 0.5) is 0 Å². The number of hydrogen-bond acceptors (Lipinski definition) is 3. The van der Waals surface area contributed by atoms with E-state index < -0.39 is 0 Å². The minimum Gasteiger partial charge on any atom is -0.344 e. The van der Waals surface area contributed by atoms with Gasteiger partial charge >= 0.3 is 0 Å². The summed E-state index contributed by atoms with van der Waals surface area (Å²) in [6.45, 7) is 3.45. The molecule has 1 aliphatic heterocycles. The second-order valence-electron chi connectivity index (χ2n) is 7.14. The van der Waals surface area contributed by atoms with Gasteiger partial charge in [-0.3, -0.25) is 9.69 Å². The minimum absolute atomic E-state index is 0.152. The molecule has 138 valence electrons. The van der Waals surface area contributed by atoms with Crippen molar-refractivity contribution in [1.82, 2.24) is 9.80 Å². The van der Waals surface area contributed by atoms with E-state index in [-0.39, 0.29) is 11.9 Å². The maximum absolute atomic E-state index is 12.8. The van der Waals surface area contributed by atoms with Gasteiger partial charge in [0.05, 0.1) is 12.5 Å². The van der Waals surface area contributed by atoms with Crippen LogP contribution in [0.25, 0.3) is 0 Å². The lowest BCUT2D eigenvalue weighted by Crippen LogP contribution is -2.38. The SMILES string of the molecule is CN(CC(c1ccccc1)N1CCCC1)C(=O)Cc1cccc(CN)c1. The number of nitrogens with zero attached hydrogens (tertiary/aromatic N) is 2. The number of carbonyl (C=O) groups excluding carboxylic acids is 1. The van der Waals surface area contributed by atoms with Crippen LogP contribution in [-0.4, -0.2) is 42.4 Å². The van der Waals surface area contributed by atoms with Gasteiger partial charge in [-0.15, -0.1) is 0 Å². The largest absolute Gasteiger partial charge is 0.344 e. The number of amides is 1. The first-order valence-corrected chi connectivity index (χ1v) is 9.48. The average Bonchev–Trinajstić information content (AvgIpc) is 3.21. The zero-order valence-corrected chi connectivity index (χ0v) is 15.6. The molecule has 4 nitrogen and oxygen atoms in total. The third-order valence-electron chi connectivity index (χ3n) is 5.22. The van der Waals surface area contributed by atoms with Crippen LogP contribution in [-0.2, 0) is 17.8 Å². The maximum Gasteiger partial charge on any atom is 0.226 e. The molecule has 0 aromatic heterocycles. The molecule has 0 spiro atoms. The van der Waals surface area contributed by atoms with Gasteiger partial charge in [0, 0.05) is 20.1 Å². The van der Waals surface area contributed by atoms with E-state index in [1.807, 2.05) is 42.3 Å². The second-order valence-corrected chi connectivity index (χ2v) is 7.14. The van der Waals surface area contributed by atoms with Crippen LogP contribution in [0, 0.1) is 0 Å². The molecule has 1 atom stereocenters. The fourth-order valence-corrected chi connectivity index (χ4v) is 3.70. The smallest absolute Gasteiger partial charge is 0.226 e. The van der Waals surface area contributed by atoms with E-state index in [9.17, 15) is 4.79 Å². The van der Waals surface area contributed by atoms with Crippen LogP contribution in [0.3, 0.4) is 0 Å². The molecule has 1 unspecified atom stereocenters. The van der Waals surface area contributed by atoms with Gasteiger partial charge in [-0.25, -0.2) is 0 Å². The molecule has 1 aliphatic rings. The van der Waals surface area contributed by atoms with E-state index in [4.69, 9.17) is 5.73 Å². The number of carbonyl (C=O) groups is 1. The molecule has 2 N–H and O–H groups in total. The molecule has 3 rings (SSSR count). The molecule has 4 heteroatoms. The van der Waals surface area contributed by atoms with Crippen molar-refractivity contribution in [3.8, 4) is 0 Å². The molecule has 1 fully saturated rings. The lowest BCUT2D eigenvalue weighted by atomic mass is 10.0. The Bertz CT molecular complexity index is 710. The summed E-state index contributed by atoms with van der Waals surface area (Å²) in [5.41, 5.74) is 9.10. The number of likely N-dealkylation sites (N-methyl/N-ethyl adjacent to an activating group) is 1. The molecule has 2 aromatic carbocycles. The molecule has 0 aliphatic carbocycles. The molecule has 26 heavy (non-hydrogen) atoms. The summed E-state index contributed by atoms with van der Waals surface area (Å²) in [4.78, 5) is 17.2. The van der Waals surface area contributed by atoms with Crippen molar-refractivity contribution in [2.45, 2.75) is 31.8 Å². The Morgan fingerprint density at radius 2 is 1.77 bits per heavy atom. The first kappa shape index (κ1) is 18.6. The van der Waals surface area contributed by atoms with Gasteiger partial charge in [0.1, 0.15) is 0 Å². The zero-order valence-electron chi connectivity index (χ0n) is 15.6. The van der Waals surface area contributed by atoms with Crippen LogP contribution in [0.5, 0.6) is 0 Å². The third-order valence-corrected chi connectivity index (χ3v) is 5.22. The number of benzene rings is 2. The molecular formula is C22H29N3O. The fraction of sp³-hybridized carbons (Fsp3) is 0.409. The lowest BCUT2D eigenvalue weighted by Gasteiger charge is -2.32. The van der Waals surface area contributed by atoms with Gasteiger partial charge in [0.2, 0.25) is 5.91 Å². The Hall–Kier alpha value is -2.17. The Kier molecular flexibility index (Phi) is 6.42. The zero-order chi connectivity index (χ0) is 18.4. The van der Waals surface area contributed by atoms with Crippen molar-refractivity contribution in [1.29, 1.82) is 0 Å². The van der Waals surface area contributed by atoms with Gasteiger partial charge in [-0.2, -0.15) is 0 Å². The fourth-order valence-electron chi connectivity index (χ4n) is 3.70. The Morgan fingerprint density at radius 1 is 1.08 bits per heavy atom. The van der Waals surface area contributed by atoms with Crippen molar-refractivity contribution in [3.63, 3.8) is 0 Å². The highest BCUT2D eigenvalue weighted by molar-refractivity contribution is 5.78. The van der Waals surface area contributed by atoms with Crippen molar-refractivity contribution < 1.29 is 4.79 Å². The summed E-state index contributed by atoms with van der Waals surface area (Å²) in [7, 11) is 1.92. The van der Waals surface area contributed by atoms with Crippen molar-refractivity contribution in [3.05, 3.63) is 71.3 Å². The van der Waals surface area contributed by atoms with Gasteiger partial charge in [0.15, 0.2) is 0 Å². The molecule has 1 saturated heterocycles. The van der Waals surface area contributed by atoms with Gasteiger partial charge in [0.25, 0.3) is 0 Å². The molecule has 0 saturated carbocycles. The first-order valence-electron chi connectivity index (χ1n) is 9.48. The lowest BCUT2D eigenvalue weighted by molar-refractivity contribution is -0.129.